The maximum atomic E-state index is 2.53. The van der Waals surface area contributed by atoms with Crippen LogP contribution in [0.1, 0.15) is 158 Å². The van der Waals surface area contributed by atoms with Gasteiger partial charge in [-0.25, -0.2) is 0 Å². The largest absolute Gasteiger partial charge is 0.0579 e. The number of benzene rings is 8. The first-order valence-corrected chi connectivity index (χ1v) is 24.5. The zero-order valence-corrected chi connectivity index (χ0v) is 43.7. The molecule has 0 amide bonds. The zero-order valence-electron chi connectivity index (χ0n) is 43.7. The molecule has 0 atom stereocenters. The van der Waals surface area contributed by atoms with E-state index in [1.54, 1.807) is 0 Å². The Hall–Kier alpha value is -5.46. The van der Waals surface area contributed by atoms with Crippen LogP contribution in [0.25, 0.3) is 76.8 Å². The highest BCUT2D eigenvalue weighted by atomic mass is 14.3. The molecule has 0 heterocycles. The first kappa shape index (κ1) is 47.0. The molecule has 0 nitrogen and oxygen atoms in total. The molecule has 0 aliphatic carbocycles. The van der Waals surface area contributed by atoms with Gasteiger partial charge < -0.3 is 0 Å². The molecule has 8 aromatic rings. The lowest BCUT2D eigenvalue weighted by molar-refractivity contribution is 0.590. The summed E-state index contributed by atoms with van der Waals surface area (Å²) < 4.78 is 0. The van der Waals surface area contributed by atoms with Gasteiger partial charge in [0.1, 0.15) is 0 Å². The van der Waals surface area contributed by atoms with E-state index in [1.165, 1.54) is 110 Å². The van der Waals surface area contributed by atoms with Gasteiger partial charge in [-0.2, -0.15) is 0 Å². The molecular weight excluding hydrogens is 793 g/mol. The van der Waals surface area contributed by atoms with Crippen LogP contribution in [0.15, 0.2) is 133 Å². The Morgan fingerprint density at radius 2 is 0.379 bits per heavy atom. The monoisotopic (exact) mass is 869 g/mol. The van der Waals surface area contributed by atoms with Gasteiger partial charge in [0.2, 0.25) is 0 Å². The van der Waals surface area contributed by atoms with E-state index in [-0.39, 0.29) is 32.5 Å². The van der Waals surface area contributed by atoms with Gasteiger partial charge in [0.25, 0.3) is 0 Å². The summed E-state index contributed by atoms with van der Waals surface area (Å²) >= 11 is 0. The Bertz CT molecular complexity index is 2870. The fraction of sp³-hybridized carbons (Fsp3) is 0.364. The molecule has 0 fully saturated rings. The summed E-state index contributed by atoms with van der Waals surface area (Å²) in [7, 11) is 0. The molecule has 0 saturated heterocycles. The van der Waals surface area contributed by atoms with Crippen molar-refractivity contribution in [2.24, 2.45) is 0 Å². The predicted molar refractivity (Wildman–Crippen MR) is 293 cm³/mol. The van der Waals surface area contributed by atoms with Gasteiger partial charge in [-0.1, -0.05) is 246 Å². The van der Waals surface area contributed by atoms with E-state index in [0.717, 1.165) is 0 Å². The van der Waals surface area contributed by atoms with E-state index in [2.05, 4.69) is 258 Å². The lowest BCUT2D eigenvalue weighted by atomic mass is 9.74. The fourth-order valence-corrected chi connectivity index (χ4v) is 9.91. The van der Waals surface area contributed by atoms with E-state index in [1.807, 2.05) is 0 Å². The Morgan fingerprint density at radius 1 is 0.197 bits per heavy atom. The Labute approximate surface area is 398 Å². The van der Waals surface area contributed by atoms with Crippen molar-refractivity contribution in [1.82, 2.24) is 0 Å². The van der Waals surface area contributed by atoms with Crippen LogP contribution in [0.2, 0.25) is 0 Å². The minimum Gasteiger partial charge on any atom is -0.0579 e. The molecule has 0 aromatic heterocycles. The topological polar surface area (TPSA) is 0 Å². The lowest BCUT2D eigenvalue weighted by Crippen LogP contribution is -2.12. The van der Waals surface area contributed by atoms with E-state index in [9.17, 15) is 0 Å². The third-order valence-electron chi connectivity index (χ3n) is 14.3. The van der Waals surface area contributed by atoms with Crippen molar-refractivity contribution in [2.75, 3.05) is 0 Å². The zero-order chi connectivity index (χ0) is 48.1. The molecule has 0 spiro atoms. The summed E-state index contributed by atoms with van der Waals surface area (Å²) in [5.74, 6) is 0. The molecule has 340 valence electrons. The van der Waals surface area contributed by atoms with Gasteiger partial charge in [-0.3, -0.25) is 0 Å². The van der Waals surface area contributed by atoms with Crippen molar-refractivity contribution < 1.29 is 0 Å². The highest BCUT2D eigenvalue weighted by Crippen LogP contribution is 2.55. The first-order valence-electron chi connectivity index (χ1n) is 24.5. The van der Waals surface area contributed by atoms with Crippen LogP contribution in [-0.4, -0.2) is 0 Å². The van der Waals surface area contributed by atoms with Crippen molar-refractivity contribution in [3.8, 4) is 44.5 Å². The van der Waals surface area contributed by atoms with Crippen molar-refractivity contribution in [1.29, 1.82) is 0 Å². The van der Waals surface area contributed by atoms with Gasteiger partial charge in [0, 0.05) is 0 Å². The van der Waals surface area contributed by atoms with Crippen LogP contribution in [0.4, 0.5) is 0 Å². The number of hydrogen-bond acceptors (Lipinski definition) is 0. The van der Waals surface area contributed by atoms with E-state index in [4.69, 9.17) is 0 Å². The molecular formula is C66H76. The molecule has 66 heavy (non-hydrogen) atoms. The van der Waals surface area contributed by atoms with Gasteiger partial charge in [-0.15, -0.1) is 0 Å². The van der Waals surface area contributed by atoms with Crippen LogP contribution in [0.3, 0.4) is 0 Å². The molecule has 0 N–H and O–H groups in total. The molecule has 0 aliphatic rings. The fourth-order valence-electron chi connectivity index (χ4n) is 9.91. The van der Waals surface area contributed by atoms with Gasteiger partial charge in [0.05, 0.1) is 0 Å². The predicted octanol–water partition coefficient (Wildman–Crippen LogP) is 19.6. The first-order chi connectivity index (χ1) is 30.5. The lowest BCUT2D eigenvalue weighted by Gasteiger charge is -2.29. The quantitative estimate of drug-likeness (QED) is 0.155. The van der Waals surface area contributed by atoms with Crippen molar-refractivity contribution in [2.45, 2.75) is 157 Å². The van der Waals surface area contributed by atoms with Gasteiger partial charge in [-0.05, 0) is 155 Å². The number of hydrogen-bond donors (Lipinski definition) is 0. The van der Waals surface area contributed by atoms with Crippen molar-refractivity contribution in [3.05, 3.63) is 167 Å². The maximum absolute atomic E-state index is 2.53. The van der Waals surface area contributed by atoms with Gasteiger partial charge in [0.15, 0.2) is 0 Å². The summed E-state index contributed by atoms with van der Waals surface area (Å²) in [5.41, 5.74) is 18.2. The smallest absolute Gasteiger partial charge is 0.000139 e. The highest BCUT2D eigenvalue weighted by Gasteiger charge is 2.29. The minimum absolute atomic E-state index is 0.0262. The average Bonchev–Trinajstić information content (AvgIpc) is 3.22. The minimum atomic E-state index is -0.0522. The summed E-state index contributed by atoms with van der Waals surface area (Å²) in [6, 6.07) is 53.0. The number of fused-ring (bicyclic) bond motifs is 3. The third-order valence-corrected chi connectivity index (χ3v) is 14.3. The van der Waals surface area contributed by atoms with Crippen LogP contribution < -0.4 is 0 Å². The Balaban J connectivity index is 1.73. The molecule has 0 aliphatic heterocycles. The van der Waals surface area contributed by atoms with Crippen molar-refractivity contribution >= 4 is 32.3 Å². The van der Waals surface area contributed by atoms with Crippen LogP contribution in [0.5, 0.6) is 0 Å². The average molecular weight is 869 g/mol. The summed E-state index contributed by atoms with van der Waals surface area (Å²) in [5, 5.41) is 7.76. The summed E-state index contributed by atoms with van der Waals surface area (Å²) in [4.78, 5) is 0. The molecule has 0 radical (unpaired) electrons. The molecule has 0 heteroatoms. The van der Waals surface area contributed by atoms with Crippen molar-refractivity contribution in [3.63, 3.8) is 0 Å². The molecule has 0 saturated carbocycles. The third kappa shape index (κ3) is 8.78. The second kappa shape index (κ2) is 16.1. The van der Waals surface area contributed by atoms with Crippen LogP contribution in [0, 0.1) is 0 Å². The van der Waals surface area contributed by atoms with E-state index >= 15 is 0 Å². The van der Waals surface area contributed by atoms with E-state index < -0.39 is 0 Å². The normalized spacial score (nSPS) is 13.3. The Kier molecular flexibility index (Phi) is 11.5. The highest BCUT2D eigenvalue weighted by molar-refractivity contribution is 6.34. The Morgan fingerprint density at radius 3 is 0.576 bits per heavy atom. The molecule has 8 aromatic carbocycles. The summed E-state index contributed by atoms with van der Waals surface area (Å²) in [6.45, 7) is 41.9. The summed E-state index contributed by atoms with van der Waals surface area (Å²) in [6.07, 6.45) is 0. The van der Waals surface area contributed by atoms with Gasteiger partial charge >= 0.3 is 0 Å². The van der Waals surface area contributed by atoms with E-state index in [0.29, 0.717) is 0 Å². The molecule has 8 rings (SSSR count). The SMILES string of the molecule is CC(C)(C)c1ccc(-c2c3ccc(C(C)(C)C)cc3c(-c3ccc(C(C)(C)C)cc3)c3c(-c4ccc(C(C)(C)C)cc4)c4ccc(C(C)(C)C)cc4c(-c4ccc(C(C)(C)C)cc4)c23)cc1. The van der Waals surface area contributed by atoms with Crippen LogP contribution >= 0.6 is 0 Å². The second-order valence-corrected chi connectivity index (χ2v) is 25.6. The van der Waals surface area contributed by atoms with Crippen LogP contribution in [-0.2, 0) is 32.5 Å². The molecule has 0 unspecified atom stereocenters. The maximum Gasteiger partial charge on any atom is -0.000139 e. The standard InChI is InChI=1S/C66H76/c1-61(2,3)45-27-19-41(20-28-45)55-51-37-35-49(65(13,14)15)39-53(51)58(44-25-33-48(34-26-44)64(10,11)12)60-56(42-21-29-46(30-22-42)62(4,5)6)52-38-36-50(66(16,17)18)40-54(52)57(59(55)60)43-23-31-47(32-24-43)63(7,8)9/h19-40H,1-18H3. The molecule has 0 bridgehead atoms. The number of rotatable bonds is 4. The second-order valence-electron chi connectivity index (χ2n) is 25.6.